The second kappa shape index (κ2) is 8.29. The highest BCUT2D eigenvalue weighted by Crippen LogP contribution is 2.57. The Morgan fingerprint density at radius 2 is 1.93 bits per heavy atom. The molecule has 1 unspecified atom stereocenters. The summed E-state index contributed by atoms with van der Waals surface area (Å²) in [6, 6.07) is 7.74. The molecular weight excluding hydrogens is 354 g/mol. The third-order valence-electron chi connectivity index (χ3n) is 6.83. The number of ether oxygens (including phenoxy) is 2. The van der Waals surface area contributed by atoms with E-state index < -0.39 is 0 Å². The summed E-state index contributed by atoms with van der Waals surface area (Å²) in [6.45, 7) is 5.19. The van der Waals surface area contributed by atoms with Crippen molar-refractivity contribution in [3.05, 3.63) is 24.3 Å². The first-order valence-corrected chi connectivity index (χ1v) is 10.7. The average molecular weight is 388 g/mol. The summed E-state index contributed by atoms with van der Waals surface area (Å²) >= 11 is 0. The standard InChI is InChI=1S/C22H33N3O3/c1-27-18-8-2-3-9-19(18)28-16-6-11-24-12-14-25(15-13-24)21(26)20-17-7-4-5-10-22(17,20)23/h2-3,8-9,17,20H,4-7,10-16,23H2,1H3/t17-,20?,22+/m0/s1. The first-order valence-electron chi connectivity index (χ1n) is 10.7. The van der Waals surface area contributed by atoms with E-state index in [1.807, 2.05) is 24.3 Å². The van der Waals surface area contributed by atoms with Crippen molar-refractivity contribution in [3.8, 4) is 11.5 Å². The molecule has 3 atom stereocenters. The molecule has 2 N–H and O–H groups in total. The molecule has 2 aliphatic carbocycles. The largest absolute Gasteiger partial charge is 0.493 e. The quantitative estimate of drug-likeness (QED) is 0.726. The van der Waals surface area contributed by atoms with Crippen LogP contribution in [0, 0.1) is 11.8 Å². The van der Waals surface area contributed by atoms with E-state index in [0.717, 1.165) is 63.5 Å². The molecule has 2 saturated carbocycles. The van der Waals surface area contributed by atoms with Gasteiger partial charge in [0.25, 0.3) is 0 Å². The van der Waals surface area contributed by atoms with Crippen molar-refractivity contribution in [1.29, 1.82) is 0 Å². The molecule has 6 nitrogen and oxygen atoms in total. The monoisotopic (exact) mass is 387 g/mol. The lowest BCUT2D eigenvalue weighted by Crippen LogP contribution is -2.50. The number of carbonyl (C=O) groups excluding carboxylic acids is 1. The molecule has 6 heteroatoms. The fraction of sp³-hybridized carbons (Fsp3) is 0.682. The maximum Gasteiger partial charge on any atom is 0.227 e. The van der Waals surface area contributed by atoms with E-state index in [4.69, 9.17) is 15.2 Å². The number of amides is 1. The molecule has 3 aliphatic rings. The van der Waals surface area contributed by atoms with E-state index in [1.165, 1.54) is 12.8 Å². The Bertz CT molecular complexity index is 689. The van der Waals surface area contributed by atoms with E-state index in [0.29, 0.717) is 18.4 Å². The van der Waals surface area contributed by atoms with Gasteiger partial charge in [-0.25, -0.2) is 0 Å². The normalized spacial score (nSPS) is 29.9. The Morgan fingerprint density at radius 3 is 2.61 bits per heavy atom. The van der Waals surface area contributed by atoms with Crippen LogP contribution in [-0.2, 0) is 4.79 Å². The second-order valence-electron chi connectivity index (χ2n) is 8.46. The van der Waals surface area contributed by atoms with E-state index in [1.54, 1.807) is 7.11 Å². The lowest BCUT2D eigenvalue weighted by molar-refractivity contribution is -0.135. The number of fused-ring (bicyclic) bond motifs is 1. The minimum Gasteiger partial charge on any atom is -0.493 e. The molecule has 1 aromatic carbocycles. The van der Waals surface area contributed by atoms with Crippen LogP contribution in [0.25, 0.3) is 0 Å². The second-order valence-corrected chi connectivity index (χ2v) is 8.46. The number of benzene rings is 1. The summed E-state index contributed by atoms with van der Waals surface area (Å²) in [5, 5.41) is 0. The van der Waals surface area contributed by atoms with Gasteiger partial charge in [-0.05, 0) is 37.3 Å². The number of hydrogen-bond acceptors (Lipinski definition) is 5. The molecular formula is C22H33N3O3. The van der Waals surface area contributed by atoms with Crippen molar-refractivity contribution in [1.82, 2.24) is 9.80 Å². The van der Waals surface area contributed by atoms with Crippen molar-refractivity contribution in [2.45, 2.75) is 37.6 Å². The van der Waals surface area contributed by atoms with Crippen molar-refractivity contribution >= 4 is 5.91 Å². The molecule has 4 rings (SSSR count). The van der Waals surface area contributed by atoms with Crippen molar-refractivity contribution in [2.24, 2.45) is 17.6 Å². The van der Waals surface area contributed by atoms with Crippen molar-refractivity contribution in [2.75, 3.05) is 46.4 Å². The summed E-state index contributed by atoms with van der Waals surface area (Å²) in [6.07, 6.45) is 5.54. The number of para-hydroxylation sites is 2. The fourth-order valence-electron chi connectivity index (χ4n) is 5.11. The van der Waals surface area contributed by atoms with E-state index >= 15 is 0 Å². The van der Waals surface area contributed by atoms with Gasteiger partial charge in [-0.2, -0.15) is 0 Å². The lowest BCUT2D eigenvalue weighted by Gasteiger charge is -2.35. The number of nitrogens with two attached hydrogens (primary N) is 1. The van der Waals surface area contributed by atoms with Crippen LogP contribution in [0.2, 0.25) is 0 Å². The van der Waals surface area contributed by atoms with Gasteiger partial charge in [0.1, 0.15) is 0 Å². The molecule has 1 aromatic rings. The SMILES string of the molecule is COc1ccccc1OCCCN1CCN(C(=O)C2[C@@H]3CCCC[C@]23N)CC1. The maximum atomic E-state index is 12.9. The Balaban J connectivity index is 1.16. The molecule has 1 aliphatic heterocycles. The number of carbonyl (C=O) groups is 1. The topological polar surface area (TPSA) is 68.0 Å². The summed E-state index contributed by atoms with van der Waals surface area (Å²) < 4.78 is 11.2. The molecule has 3 fully saturated rings. The van der Waals surface area contributed by atoms with Crippen LogP contribution in [-0.4, -0.2) is 67.7 Å². The van der Waals surface area contributed by atoms with Crippen molar-refractivity contribution in [3.63, 3.8) is 0 Å². The molecule has 28 heavy (non-hydrogen) atoms. The number of methoxy groups -OCH3 is 1. The van der Waals surface area contributed by atoms with E-state index in [-0.39, 0.29) is 11.5 Å². The van der Waals surface area contributed by atoms with Crippen LogP contribution in [0.4, 0.5) is 0 Å². The Kier molecular flexibility index (Phi) is 5.78. The average Bonchev–Trinajstić information content (AvgIpc) is 3.36. The van der Waals surface area contributed by atoms with Gasteiger partial charge in [-0.15, -0.1) is 0 Å². The summed E-state index contributed by atoms with van der Waals surface area (Å²) in [5.41, 5.74) is 6.32. The van der Waals surface area contributed by atoms with Crippen molar-refractivity contribution < 1.29 is 14.3 Å². The summed E-state index contributed by atoms with van der Waals surface area (Å²) in [4.78, 5) is 17.4. The maximum absolute atomic E-state index is 12.9. The minimum absolute atomic E-state index is 0.0933. The lowest BCUT2D eigenvalue weighted by atomic mass is 9.96. The van der Waals surface area contributed by atoms with Gasteiger partial charge in [0.2, 0.25) is 5.91 Å². The van der Waals surface area contributed by atoms with Gasteiger partial charge >= 0.3 is 0 Å². The van der Waals surface area contributed by atoms with Gasteiger partial charge in [0.15, 0.2) is 11.5 Å². The van der Waals surface area contributed by atoms with Gasteiger partial charge < -0.3 is 20.1 Å². The van der Waals surface area contributed by atoms with E-state index in [2.05, 4.69) is 9.80 Å². The van der Waals surface area contributed by atoms with Gasteiger partial charge in [0.05, 0.1) is 19.6 Å². The zero-order valence-corrected chi connectivity index (χ0v) is 16.9. The first-order chi connectivity index (χ1) is 13.6. The van der Waals surface area contributed by atoms with Crippen LogP contribution in [0.15, 0.2) is 24.3 Å². The third kappa shape index (κ3) is 3.85. The molecule has 1 saturated heterocycles. The van der Waals surface area contributed by atoms with Crippen LogP contribution >= 0.6 is 0 Å². The zero-order chi connectivity index (χ0) is 19.6. The highest BCUT2D eigenvalue weighted by molar-refractivity contribution is 5.84. The van der Waals surface area contributed by atoms with Crippen LogP contribution in [0.3, 0.4) is 0 Å². The number of piperazine rings is 1. The Morgan fingerprint density at radius 1 is 1.18 bits per heavy atom. The predicted molar refractivity (Wildman–Crippen MR) is 108 cm³/mol. The highest BCUT2D eigenvalue weighted by atomic mass is 16.5. The summed E-state index contributed by atoms with van der Waals surface area (Å²) in [7, 11) is 1.66. The molecule has 0 aromatic heterocycles. The molecule has 0 bridgehead atoms. The Hall–Kier alpha value is -1.79. The van der Waals surface area contributed by atoms with Gasteiger partial charge in [-0.3, -0.25) is 9.69 Å². The minimum atomic E-state index is -0.178. The van der Waals surface area contributed by atoms with Crippen LogP contribution in [0.5, 0.6) is 11.5 Å². The zero-order valence-electron chi connectivity index (χ0n) is 16.9. The molecule has 154 valence electrons. The van der Waals surface area contributed by atoms with Gasteiger partial charge in [-0.1, -0.05) is 25.0 Å². The molecule has 0 spiro atoms. The summed E-state index contributed by atoms with van der Waals surface area (Å²) in [5.74, 6) is 2.42. The van der Waals surface area contributed by atoms with Crippen LogP contribution in [0.1, 0.15) is 32.1 Å². The molecule has 1 heterocycles. The van der Waals surface area contributed by atoms with E-state index in [9.17, 15) is 4.79 Å². The molecule has 0 radical (unpaired) electrons. The highest BCUT2D eigenvalue weighted by Gasteiger charge is 2.66. The smallest absolute Gasteiger partial charge is 0.227 e. The predicted octanol–water partition coefficient (Wildman–Crippen LogP) is 2.13. The number of nitrogens with zero attached hydrogens (tertiary/aromatic N) is 2. The first kappa shape index (κ1) is 19.5. The van der Waals surface area contributed by atoms with Gasteiger partial charge in [0, 0.05) is 38.3 Å². The number of rotatable bonds is 7. The Labute approximate surface area is 168 Å². The molecule has 1 amide bonds. The fourth-order valence-corrected chi connectivity index (χ4v) is 5.11. The third-order valence-corrected chi connectivity index (χ3v) is 6.83. The van der Waals surface area contributed by atoms with Crippen LogP contribution < -0.4 is 15.2 Å². The number of hydrogen-bond donors (Lipinski definition) is 1.